The van der Waals surface area contributed by atoms with E-state index < -0.39 is 24.8 Å². The summed E-state index contributed by atoms with van der Waals surface area (Å²) in [5.74, 6) is -0.145. The Morgan fingerprint density at radius 1 is 1.32 bits per heavy atom. The summed E-state index contributed by atoms with van der Waals surface area (Å²) in [5, 5.41) is 11.6. The number of nitriles is 1. The number of hydrogen-bond donors (Lipinski definition) is 1. The summed E-state index contributed by atoms with van der Waals surface area (Å²) in [6.07, 6.45) is -4.37. The molecule has 1 aromatic rings. The molecule has 0 aromatic heterocycles. The Morgan fingerprint density at radius 2 is 2.00 bits per heavy atom. The Balaban J connectivity index is 2.67. The van der Waals surface area contributed by atoms with Crippen LogP contribution in [0.1, 0.15) is 32.8 Å². The summed E-state index contributed by atoms with van der Waals surface area (Å²) in [7, 11) is 0. The van der Waals surface area contributed by atoms with Crippen molar-refractivity contribution in [3.8, 4) is 11.8 Å². The fourth-order valence-corrected chi connectivity index (χ4v) is 1.78. The number of hydrogen-bond acceptors (Lipinski definition) is 4. The highest BCUT2D eigenvalue weighted by Gasteiger charge is 2.29. The number of alkyl halides is 3. The highest BCUT2D eigenvalue weighted by Crippen LogP contribution is 2.25. The Bertz CT molecular complexity index is 625. The molecule has 0 spiro atoms. The van der Waals surface area contributed by atoms with Gasteiger partial charge < -0.3 is 14.8 Å². The van der Waals surface area contributed by atoms with Crippen LogP contribution in [0.2, 0.25) is 0 Å². The number of benzene rings is 1. The van der Waals surface area contributed by atoms with Crippen molar-refractivity contribution in [2.75, 3.05) is 18.5 Å². The minimum atomic E-state index is -4.50. The van der Waals surface area contributed by atoms with Gasteiger partial charge in [0, 0.05) is 12.3 Å². The molecular formula is C17H21F3N2O3. The third kappa shape index (κ3) is 7.90. The van der Waals surface area contributed by atoms with Crippen LogP contribution in [0.5, 0.6) is 5.75 Å². The van der Waals surface area contributed by atoms with E-state index in [4.69, 9.17) is 10.00 Å². The van der Waals surface area contributed by atoms with Gasteiger partial charge in [0.15, 0.2) is 6.61 Å². The molecule has 0 saturated heterocycles. The quantitative estimate of drug-likeness (QED) is 0.765. The van der Waals surface area contributed by atoms with Crippen LogP contribution < -0.4 is 10.1 Å². The van der Waals surface area contributed by atoms with Crippen molar-refractivity contribution in [1.29, 1.82) is 5.26 Å². The van der Waals surface area contributed by atoms with Crippen molar-refractivity contribution in [3.05, 3.63) is 23.8 Å². The lowest BCUT2D eigenvalue weighted by atomic mass is 10.1. The number of halogens is 3. The molecule has 1 amide bonds. The average Bonchev–Trinajstić information content (AvgIpc) is 2.52. The van der Waals surface area contributed by atoms with Gasteiger partial charge in [-0.2, -0.15) is 18.4 Å². The Kier molecular flexibility index (Phi) is 7.71. The molecule has 0 heterocycles. The van der Waals surface area contributed by atoms with E-state index in [1.165, 1.54) is 18.2 Å². The Labute approximate surface area is 144 Å². The highest BCUT2D eigenvalue weighted by molar-refractivity contribution is 5.94. The zero-order valence-corrected chi connectivity index (χ0v) is 14.3. The fraction of sp³-hybridized carbons (Fsp3) is 0.529. The molecule has 1 atom stereocenters. The molecule has 8 heteroatoms. The lowest BCUT2D eigenvalue weighted by molar-refractivity contribution is -0.153. The number of carbonyl (C=O) groups is 1. The van der Waals surface area contributed by atoms with Crippen LogP contribution in [-0.4, -0.2) is 31.4 Å². The van der Waals surface area contributed by atoms with Crippen molar-refractivity contribution in [2.24, 2.45) is 5.92 Å². The maximum Gasteiger partial charge on any atom is 0.422 e. The van der Waals surface area contributed by atoms with E-state index in [0.717, 1.165) is 6.42 Å². The van der Waals surface area contributed by atoms with Crippen LogP contribution in [0.4, 0.5) is 18.9 Å². The summed E-state index contributed by atoms with van der Waals surface area (Å²) >= 11 is 0. The predicted octanol–water partition coefficient (Wildman–Crippen LogP) is 3.89. The molecule has 0 aliphatic carbocycles. The first kappa shape index (κ1) is 20.8. The number of nitrogens with one attached hydrogen (secondary N) is 1. The van der Waals surface area contributed by atoms with Gasteiger partial charge in [0.05, 0.1) is 5.56 Å². The molecule has 0 bridgehead atoms. The monoisotopic (exact) mass is 358 g/mol. The lowest BCUT2D eigenvalue weighted by Gasteiger charge is -2.15. The van der Waals surface area contributed by atoms with E-state index in [1.807, 2.05) is 13.8 Å². The third-order valence-electron chi connectivity index (χ3n) is 3.19. The van der Waals surface area contributed by atoms with Gasteiger partial charge in [-0.1, -0.05) is 13.8 Å². The summed E-state index contributed by atoms with van der Waals surface area (Å²) in [5.41, 5.74) is 0.177. The van der Waals surface area contributed by atoms with Gasteiger partial charge in [0.1, 0.15) is 17.9 Å². The molecule has 1 N–H and O–H groups in total. The Hall–Kier alpha value is -2.27. The van der Waals surface area contributed by atoms with E-state index in [1.54, 1.807) is 13.0 Å². The first-order valence-electron chi connectivity index (χ1n) is 7.78. The number of amides is 1. The third-order valence-corrected chi connectivity index (χ3v) is 3.19. The molecule has 138 valence electrons. The minimum Gasteiger partial charge on any atom is -0.483 e. The molecule has 0 aliphatic rings. The van der Waals surface area contributed by atoms with E-state index in [9.17, 15) is 18.0 Å². The largest absolute Gasteiger partial charge is 0.483 e. The number of carbonyl (C=O) groups excluding carboxylic acids is 1. The first-order valence-corrected chi connectivity index (χ1v) is 7.78. The van der Waals surface area contributed by atoms with E-state index in [0.29, 0.717) is 12.5 Å². The molecule has 5 nitrogen and oxygen atoms in total. The molecule has 0 aliphatic heterocycles. The van der Waals surface area contributed by atoms with Crippen molar-refractivity contribution in [3.63, 3.8) is 0 Å². The van der Waals surface area contributed by atoms with Gasteiger partial charge in [-0.15, -0.1) is 0 Å². The molecule has 1 rings (SSSR count). The Morgan fingerprint density at radius 3 is 2.56 bits per heavy atom. The second-order valence-corrected chi connectivity index (χ2v) is 5.91. The van der Waals surface area contributed by atoms with Gasteiger partial charge in [-0.05, 0) is 37.5 Å². The summed E-state index contributed by atoms with van der Waals surface area (Å²) in [6, 6.07) is 5.58. The average molecular weight is 358 g/mol. The first-order chi connectivity index (χ1) is 11.6. The molecule has 25 heavy (non-hydrogen) atoms. The van der Waals surface area contributed by atoms with Gasteiger partial charge in [-0.25, -0.2) is 0 Å². The summed E-state index contributed by atoms with van der Waals surface area (Å²) in [6.45, 7) is 4.63. The van der Waals surface area contributed by atoms with Crippen molar-refractivity contribution < 1.29 is 27.4 Å². The summed E-state index contributed by atoms with van der Waals surface area (Å²) < 4.78 is 46.6. The molecule has 0 fully saturated rings. The van der Waals surface area contributed by atoms with Gasteiger partial charge in [0.2, 0.25) is 0 Å². The summed E-state index contributed by atoms with van der Waals surface area (Å²) in [4.78, 5) is 12.0. The van der Waals surface area contributed by atoms with Crippen molar-refractivity contribution >= 4 is 11.6 Å². The zero-order valence-electron chi connectivity index (χ0n) is 14.3. The number of ether oxygens (including phenoxy) is 2. The second kappa shape index (κ2) is 9.28. The highest BCUT2D eigenvalue weighted by atomic mass is 19.4. The van der Waals surface area contributed by atoms with Crippen LogP contribution in [0.15, 0.2) is 18.2 Å². The molecule has 1 unspecified atom stereocenters. The van der Waals surface area contributed by atoms with Gasteiger partial charge in [-0.3, -0.25) is 4.79 Å². The van der Waals surface area contributed by atoms with Crippen molar-refractivity contribution in [1.82, 2.24) is 0 Å². The smallest absolute Gasteiger partial charge is 0.422 e. The van der Waals surface area contributed by atoms with Crippen LogP contribution in [-0.2, 0) is 9.53 Å². The minimum absolute atomic E-state index is 0.101. The van der Waals surface area contributed by atoms with E-state index in [2.05, 4.69) is 10.1 Å². The van der Waals surface area contributed by atoms with E-state index >= 15 is 0 Å². The van der Waals surface area contributed by atoms with Gasteiger partial charge >= 0.3 is 6.18 Å². The molecule has 1 aromatic carbocycles. The lowest BCUT2D eigenvalue weighted by Crippen LogP contribution is -2.28. The number of rotatable bonds is 8. The van der Waals surface area contributed by atoms with Crippen LogP contribution in [0.25, 0.3) is 0 Å². The topological polar surface area (TPSA) is 71.3 Å². The fourth-order valence-electron chi connectivity index (χ4n) is 1.78. The predicted molar refractivity (Wildman–Crippen MR) is 86.2 cm³/mol. The maximum absolute atomic E-state index is 12.2. The maximum atomic E-state index is 12.2. The molecule has 0 saturated carbocycles. The van der Waals surface area contributed by atoms with Crippen LogP contribution in [0.3, 0.4) is 0 Å². The van der Waals surface area contributed by atoms with E-state index in [-0.39, 0.29) is 17.0 Å². The van der Waals surface area contributed by atoms with Gasteiger partial charge in [0.25, 0.3) is 5.91 Å². The number of nitrogens with zero attached hydrogens (tertiary/aromatic N) is 1. The molecule has 0 radical (unpaired) electrons. The number of anilines is 1. The zero-order chi connectivity index (χ0) is 19.0. The van der Waals surface area contributed by atoms with Crippen molar-refractivity contribution in [2.45, 2.75) is 39.5 Å². The van der Waals surface area contributed by atoms with Crippen LogP contribution in [0, 0.1) is 17.2 Å². The standard InChI is InChI=1S/C17H21F3N2O3/c1-11(2)6-7-24-12(3)16(23)22-14-4-5-15(13(8-14)9-21)25-10-17(18,19)20/h4-5,8,11-12H,6-7,10H2,1-3H3,(H,22,23). The van der Waals surface area contributed by atoms with Crippen LogP contribution >= 0.6 is 0 Å². The molecular weight excluding hydrogens is 337 g/mol. The SMILES string of the molecule is CC(C)CCOC(C)C(=O)Nc1ccc(OCC(F)(F)F)c(C#N)c1. The second-order valence-electron chi connectivity index (χ2n) is 5.91. The normalized spacial score (nSPS) is 12.6.